The zero-order valence-corrected chi connectivity index (χ0v) is 8.13. The minimum absolute atomic E-state index is 0.321. The van der Waals surface area contributed by atoms with Gasteiger partial charge in [0, 0.05) is 6.54 Å². The van der Waals surface area contributed by atoms with Gasteiger partial charge in [-0.1, -0.05) is 19.3 Å². The normalized spacial score (nSPS) is 24.5. The summed E-state index contributed by atoms with van der Waals surface area (Å²) in [5, 5.41) is 2.93. The van der Waals surface area contributed by atoms with Gasteiger partial charge in [0.15, 0.2) is 0 Å². The number of nitrogens with one attached hydrogen (secondary N) is 1. The van der Waals surface area contributed by atoms with E-state index in [1.54, 1.807) is 6.34 Å². The number of rotatable bonds is 0. The number of nitrogens with two attached hydrogens (primary N) is 2. The van der Waals surface area contributed by atoms with Crippen LogP contribution in [0.4, 0.5) is 0 Å². The highest BCUT2D eigenvalue weighted by molar-refractivity contribution is 5.56. The first kappa shape index (κ1) is 10.5. The van der Waals surface area contributed by atoms with Crippen molar-refractivity contribution >= 4 is 6.34 Å². The molecule has 0 spiro atoms. The Morgan fingerprint density at radius 2 is 1.85 bits per heavy atom. The Hall–Kier alpha value is -0.610. The molecular weight excluding hydrogens is 164 g/mol. The van der Waals surface area contributed by atoms with E-state index in [4.69, 9.17) is 11.5 Å². The van der Waals surface area contributed by atoms with Gasteiger partial charge in [-0.05, 0) is 12.8 Å². The highest BCUT2D eigenvalue weighted by Gasteiger charge is 2.21. The molecule has 0 aromatic rings. The molecule has 0 aromatic carbocycles. The van der Waals surface area contributed by atoms with E-state index in [2.05, 4.69) is 10.3 Å². The van der Waals surface area contributed by atoms with E-state index in [-0.39, 0.29) is 5.66 Å². The molecule has 0 aromatic heterocycles. The highest BCUT2D eigenvalue weighted by Crippen LogP contribution is 2.20. The summed E-state index contributed by atoms with van der Waals surface area (Å²) in [5.41, 5.74) is 11.0. The minimum Gasteiger partial charge on any atom is -0.375 e. The lowest BCUT2D eigenvalue weighted by atomic mass is 9.91. The molecule has 1 heterocycles. The standard InChI is InChI=1S/C6H14N2.C3H6N2/c7-6(8)4-2-1-3-5-6;1-2-5-3-4-1/h1-5,7-8H2;3H,1-2H2,(H,4,5). The smallest absolute Gasteiger partial charge is 0.0825 e. The Morgan fingerprint density at radius 3 is 2.08 bits per heavy atom. The van der Waals surface area contributed by atoms with Gasteiger partial charge in [0.25, 0.3) is 0 Å². The van der Waals surface area contributed by atoms with Crippen LogP contribution in [-0.4, -0.2) is 25.1 Å². The molecule has 5 N–H and O–H groups in total. The van der Waals surface area contributed by atoms with Crippen molar-refractivity contribution in [1.29, 1.82) is 0 Å². The lowest BCUT2D eigenvalue weighted by Crippen LogP contribution is -2.50. The van der Waals surface area contributed by atoms with E-state index in [1.807, 2.05) is 0 Å². The van der Waals surface area contributed by atoms with E-state index in [9.17, 15) is 0 Å². The topological polar surface area (TPSA) is 76.4 Å². The number of aliphatic imine (C=N–C) groups is 1. The van der Waals surface area contributed by atoms with Crippen LogP contribution in [0.2, 0.25) is 0 Å². The summed E-state index contributed by atoms with van der Waals surface area (Å²) in [4.78, 5) is 3.85. The maximum Gasteiger partial charge on any atom is 0.0825 e. The molecule has 1 saturated carbocycles. The van der Waals surface area contributed by atoms with Crippen LogP contribution in [0.5, 0.6) is 0 Å². The first-order valence-corrected chi connectivity index (χ1v) is 5.00. The zero-order chi connectivity index (χ0) is 9.57. The van der Waals surface area contributed by atoms with Gasteiger partial charge < -0.3 is 16.8 Å². The molecule has 1 aliphatic heterocycles. The Bertz CT molecular complexity index is 151. The molecule has 2 aliphatic rings. The van der Waals surface area contributed by atoms with Crippen LogP contribution in [0.1, 0.15) is 32.1 Å². The van der Waals surface area contributed by atoms with Gasteiger partial charge in [-0.3, -0.25) is 4.99 Å². The fourth-order valence-electron chi connectivity index (χ4n) is 1.53. The highest BCUT2D eigenvalue weighted by atomic mass is 15.0. The molecule has 0 radical (unpaired) electrons. The maximum atomic E-state index is 5.66. The molecule has 13 heavy (non-hydrogen) atoms. The number of hydrogen-bond acceptors (Lipinski definition) is 4. The molecule has 4 heteroatoms. The van der Waals surface area contributed by atoms with Crippen molar-refractivity contribution in [2.24, 2.45) is 16.5 Å². The lowest BCUT2D eigenvalue weighted by Gasteiger charge is -2.28. The average Bonchev–Trinajstić information content (AvgIpc) is 2.60. The summed E-state index contributed by atoms with van der Waals surface area (Å²) < 4.78 is 0. The van der Waals surface area contributed by atoms with Crippen molar-refractivity contribution < 1.29 is 0 Å². The van der Waals surface area contributed by atoms with Crippen molar-refractivity contribution in [3.05, 3.63) is 0 Å². The van der Waals surface area contributed by atoms with Crippen molar-refractivity contribution in [2.45, 2.75) is 37.8 Å². The number of hydrogen-bond donors (Lipinski definition) is 3. The molecule has 0 bridgehead atoms. The molecule has 76 valence electrons. The third-order valence-corrected chi connectivity index (χ3v) is 2.35. The van der Waals surface area contributed by atoms with Gasteiger partial charge in [-0.15, -0.1) is 0 Å². The van der Waals surface area contributed by atoms with Crippen molar-refractivity contribution in [2.75, 3.05) is 13.1 Å². The van der Waals surface area contributed by atoms with Gasteiger partial charge in [-0.2, -0.15) is 0 Å². The van der Waals surface area contributed by atoms with Crippen LogP contribution in [0, 0.1) is 0 Å². The third kappa shape index (κ3) is 4.85. The second-order valence-corrected chi connectivity index (χ2v) is 3.78. The van der Waals surface area contributed by atoms with Gasteiger partial charge in [-0.25, -0.2) is 0 Å². The second kappa shape index (κ2) is 5.19. The van der Waals surface area contributed by atoms with E-state index >= 15 is 0 Å². The van der Waals surface area contributed by atoms with Gasteiger partial charge in [0.1, 0.15) is 0 Å². The van der Waals surface area contributed by atoms with E-state index in [1.165, 1.54) is 19.3 Å². The Morgan fingerprint density at radius 1 is 1.15 bits per heavy atom. The van der Waals surface area contributed by atoms with Crippen LogP contribution < -0.4 is 16.8 Å². The fourth-order valence-corrected chi connectivity index (χ4v) is 1.53. The van der Waals surface area contributed by atoms with Crippen LogP contribution >= 0.6 is 0 Å². The monoisotopic (exact) mass is 184 g/mol. The Kier molecular flexibility index (Phi) is 4.18. The van der Waals surface area contributed by atoms with Gasteiger partial charge >= 0.3 is 0 Å². The summed E-state index contributed by atoms with van der Waals surface area (Å²) in [7, 11) is 0. The summed E-state index contributed by atoms with van der Waals surface area (Å²) >= 11 is 0. The van der Waals surface area contributed by atoms with Crippen molar-refractivity contribution in [3.63, 3.8) is 0 Å². The zero-order valence-electron chi connectivity index (χ0n) is 8.13. The van der Waals surface area contributed by atoms with Crippen LogP contribution in [0.3, 0.4) is 0 Å². The maximum absolute atomic E-state index is 5.66. The molecular formula is C9H20N4. The predicted octanol–water partition coefficient (Wildman–Crippen LogP) is 0.182. The Labute approximate surface area is 79.8 Å². The van der Waals surface area contributed by atoms with Gasteiger partial charge in [0.2, 0.25) is 0 Å². The SMILES string of the molecule is C1=NCCN1.NC1(N)CCCCC1. The summed E-state index contributed by atoms with van der Waals surface area (Å²) in [6.45, 7) is 1.99. The van der Waals surface area contributed by atoms with Gasteiger partial charge in [0.05, 0.1) is 18.5 Å². The van der Waals surface area contributed by atoms with E-state index in [0.717, 1.165) is 25.9 Å². The summed E-state index contributed by atoms with van der Waals surface area (Å²) in [5.74, 6) is 0. The molecule has 0 unspecified atom stereocenters. The lowest BCUT2D eigenvalue weighted by molar-refractivity contribution is 0.306. The molecule has 1 fully saturated rings. The molecule has 0 saturated heterocycles. The molecule has 2 rings (SSSR count). The van der Waals surface area contributed by atoms with Crippen LogP contribution in [0.15, 0.2) is 4.99 Å². The fraction of sp³-hybridized carbons (Fsp3) is 0.889. The average molecular weight is 184 g/mol. The largest absolute Gasteiger partial charge is 0.375 e. The van der Waals surface area contributed by atoms with Crippen molar-refractivity contribution in [1.82, 2.24) is 5.32 Å². The van der Waals surface area contributed by atoms with E-state index < -0.39 is 0 Å². The van der Waals surface area contributed by atoms with E-state index in [0.29, 0.717) is 0 Å². The van der Waals surface area contributed by atoms with Crippen LogP contribution in [-0.2, 0) is 0 Å². The first-order valence-electron chi connectivity index (χ1n) is 5.00. The predicted molar refractivity (Wildman–Crippen MR) is 55.6 cm³/mol. The summed E-state index contributed by atoms with van der Waals surface area (Å²) in [6.07, 6.45) is 7.50. The first-order chi connectivity index (χ1) is 6.21. The Balaban J connectivity index is 0.000000145. The molecule has 0 atom stereocenters. The van der Waals surface area contributed by atoms with Crippen molar-refractivity contribution in [3.8, 4) is 0 Å². The summed E-state index contributed by atoms with van der Waals surface area (Å²) in [6, 6.07) is 0. The second-order valence-electron chi connectivity index (χ2n) is 3.78. The van der Waals surface area contributed by atoms with Crippen LogP contribution in [0.25, 0.3) is 0 Å². The number of nitrogens with zero attached hydrogens (tertiary/aromatic N) is 1. The molecule has 1 aliphatic carbocycles. The molecule has 0 amide bonds. The quantitative estimate of drug-likeness (QED) is 0.470. The molecule has 4 nitrogen and oxygen atoms in total. The third-order valence-electron chi connectivity index (χ3n) is 2.35. The minimum atomic E-state index is -0.321.